The summed E-state index contributed by atoms with van der Waals surface area (Å²) < 4.78 is 19.0. The van der Waals surface area contributed by atoms with Crippen LogP contribution >= 0.6 is 15.9 Å². The third-order valence-corrected chi connectivity index (χ3v) is 2.53. The standard InChI is InChI=1S/C11H14BrFO2/c1-11(14,7-15-2)6-8-5-9(12)3-4-10(8)13/h3-5,14H,6-7H2,1-2H3. The van der Waals surface area contributed by atoms with E-state index in [-0.39, 0.29) is 18.8 Å². The molecule has 15 heavy (non-hydrogen) atoms. The lowest BCUT2D eigenvalue weighted by Gasteiger charge is -2.22. The van der Waals surface area contributed by atoms with Crippen molar-refractivity contribution in [2.75, 3.05) is 13.7 Å². The predicted molar refractivity (Wildman–Crippen MR) is 60.3 cm³/mol. The van der Waals surface area contributed by atoms with Crippen molar-refractivity contribution in [3.63, 3.8) is 0 Å². The SMILES string of the molecule is COCC(C)(O)Cc1cc(Br)ccc1F. The van der Waals surface area contributed by atoms with Crippen molar-refractivity contribution in [2.45, 2.75) is 18.9 Å². The maximum absolute atomic E-state index is 13.4. The minimum Gasteiger partial charge on any atom is -0.387 e. The number of aliphatic hydroxyl groups is 1. The molecule has 0 aliphatic carbocycles. The van der Waals surface area contributed by atoms with Crippen LogP contribution in [0.4, 0.5) is 4.39 Å². The molecule has 0 bridgehead atoms. The highest BCUT2D eigenvalue weighted by atomic mass is 79.9. The second-order valence-electron chi connectivity index (χ2n) is 3.84. The van der Waals surface area contributed by atoms with Gasteiger partial charge < -0.3 is 9.84 Å². The van der Waals surface area contributed by atoms with Crippen LogP contribution in [0.25, 0.3) is 0 Å². The monoisotopic (exact) mass is 276 g/mol. The van der Waals surface area contributed by atoms with Gasteiger partial charge in [0, 0.05) is 18.0 Å². The molecule has 2 nitrogen and oxygen atoms in total. The van der Waals surface area contributed by atoms with E-state index in [9.17, 15) is 9.50 Å². The van der Waals surface area contributed by atoms with E-state index in [1.165, 1.54) is 13.2 Å². The van der Waals surface area contributed by atoms with Gasteiger partial charge in [-0.2, -0.15) is 0 Å². The van der Waals surface area contributed by atoms with E-state index in [0.717, 1.165) is 4.47 Å². The van der Waals surface area contributed by atoms with Gasteiger partial charge in [0.25, 0.3) is 0 Å². The third kappa shape index (κ3) is 3.89. The van der Waals surface area contributed by atoms with Crippen LogP contribution in [-0.4, -0.2) is 24.4 Å². The number of ether oxygens (including phenoxy) is 1. The van der Waals surface area contributed by atoms with Crippen molar-refractivity contribution in [3.05, 3.63) is 34.1 Å². The molecule has 1 rings (SSSR count). The van der Waals surface area contributed by atoms with Gasteiger partial charge in [0.2, 0.25) is 0 Å². The fraction of sp³-hybridized carbons (Fsp3) is 0.455. The molecule has 0 spiro atoms. The van der Waals surface area contributed by atoms with Gasteiger partial charge >= 0.3 is 0 Å². The van der Waals surface area contributed by atoms with E-state index in [0.29, 0.717) is 5.56 Å². The van der Waals surface area contributed by atoms with E-state index in [4.69, 9.17) is 4.74 Å². The van der Waals surface area contributed by atoms with Crippen LogP contribution in [0.2, 0.25) is 0 Å². The maximum Gasteiger partial charge on any atom is 0.126 e. The van der Waals surface area contributed by atoms with Gasteiger partial charge in [-0.15, -0.1) is 0 Å². The first-order valence-corrected chi connectivity index (χ1v) is 5.39. The topological polar surface area (TPSA) is 29.5 Å². The van der Waals surface area contributed by atoms with Crippen molar-refractivity contribution in [3.8, 4) is 0 Å². The Morgan fingerprint density at radius 1 is 1.53 bits per heavy atom. The molecule has 1 aromatic rings. The fourth-order valence-electron chi connectivity index (χ4n) is 1.45. The van der Waals surface area contributed by atoms with Crippen LogP contribution in [0.1, 0.15) is 12.5 Å². The van der Waals surface area contributed by atoms with Crippen LogP contribution in [0, 0.1) is 5.82 Å². The first-order chi connectivity index (χ1) is 6.94. The van der Waals surface area contributed by atoms with Crippen molar-refractivity contribution < 1.29 is 14.2 Å². The summed E-state index contributed by atoms with van der Waals surface area (Å²) in [7, 11) is 1.51. The Kier molecular flexibility index (Phi) is 4.25. The van der Waals surface area contributed by atoms with Crippen LogP contribution < -0.4 is 0 Å². The quantitative estimate of drug-likeness (QED) is 0.916. The van der Waals surface area contributed by atoms with Gasteiger partial charge in [0.05, 0.1) is 12.2 Å². The first-order valence-electron chi connectivity index (χ1n) is 4.60. The normalized spacial score (nSPS) is 15.0. The third-order valence-electron chi connectivity index (χ3n) is 2.03. The summed E-state index contributed by atoms with van der Waals surface area (Å²) in [5, 5.41) is 9.88. The minimum atomic E-state index is -1.05. The Morgan fingerprint density at radius 3 is 2.80 bits per heavy atom. The molecular weight excluding hydrogens is 263 g/mol. The van der Waals surface area contributed by atoms with Crippen molar-refractivity contribution >= 4 is 15.9 Å². The number of hydrogen-bond acceptors (Lipinski definition) is 2. The van der Waals surface area contributed by atoms with E-state index >= 15 is 0 Å². The molecule has 0 aliphatic rings. The Balaban J connectivity index is 2.83. The number of benzene rings is 1. The summed E-state index contributed by atoms with van der Waals surface area (Å²) in [6, 6.07) is 4.67. The van der Waals surface area contributed by atoms with Gasteiger partial charge in [-0.3, -0.25) is 0 Å². The van der Waals surface area contributed by atoms with Crippen LogP contribution in [0.5, 0.6) is 0 Å². The maximum atomic E-state index is 13.4. The van der Waals surface area contributed by atoms with Gasteiger partial charge in [-0.1, -0.05) is 15.9 Å². The lowest BCUT2D eigenvalue weighted by Crippen LogP contribution is -2.33. The number of methoxy groups -OCH3 is 1. The molecule has 0 saturated heterocycles. The minimum absolute atomic E-state index is 0.180. The predicted octanol–water partition coefficient (Wildman–Crippen LogP) is 2.53. The molecule has 0 saturated carbocycles. The molecule has 0 aromatic heterocycles. The zero-order chi connectivity index (χ0) is 11.5. The molecule has 0 fully saturated rings. The zero-order valence-electron chi connectivity index (χ0n) is 8.76. The molecule has 1 aromatic carbocycles. The highest BCUT2D eigenvalue weighted by molar-refractivity contribution is 9.10. The van der Waals surface area contributed by atoms with Crippen molar-refractivity contribution in [1.29, 1.82) is 0 Å². The summed E-state index contributed by atoms with van der Waals surface area (Å²) in [6.45, 7) is 1.80. The number of rotatable bonds is 4. The smallest absolute Gasteiger partial charge is 0.126 e. The highest BCUT2D eigenvalue weighted by Crippen LogP contribution is 2.20. The van der Waals surface area contributed by atoms with E-state index < -0.39 is 5.60 Å². The van der Waals surface area contributed by atoms with Crippen LogP contribution in [0.3, 0.4) is 0 Å². The van der Waals surface area contributed by atoms with Gasteiger partial charge in [-0.05, 0) is 30.7 Å². The molecule has 0 amide bonds. The van der Waals surface area contributed by atoms with Crippen molar-refractivity contribution in [1.82, 2.24) is 0 Å². The number of halogens is 2. The van der Waals surface area contributed by atoms with Gasteiger partial charge in [0.1, 0.15) is 5.82 Å². The summed E-state index contributed by atoms with van der Waals surface area (Å²) in [5.41, 5.74) is -0.567. The Hall–Kier alpha value is -0.450. The molecule has 0 heterocycles. The average molecular weight is 277 g/mol. The lowest BCUT2D eigenvalue weighted by atomic mass is 9.97. The van der Waals surface area contributed by atoms with E-state index in [1.54, 1.807) is 19.1 Å². The second kappa shape index (κ2) is 5.05. The average Bonchev–Trinajstić information content (AvgIpc) is 2.10. The Bertz CT molecular complexity index is 339. The molecule has 1 N–H and O–H groups in total. The molecule has 4 heteroatoms. The summed E-state index contributed by atoms with van der Waals surface area (Å²) in [4.78, 5) is 0. The summed E-state index contributed by atoms with van der Waals surface area (Å²) in [6.07, 6.45) is 0.228. The summed E-state index contributed by atoms with van der Waals surface area (Å²) >= 11 is 3.26. The molecule has 1 unspecified atom stereocenters. The largest absolute Gasteiger partial charge is 0.387 e. The van der Waals surface area contributed by atoms with Gasteiger partial charge in [-0.25, -0.2) is 4.39 Å². The molecule has 84 valence electrons. The van der Waals surface area contributed by atoms with Crippen LogP contribution in [-0.2, 0) is 11.2 Å². The van der Waals surface area contributed by atoms with Crippen molar-refractivity contribution in [2.24, 2.45) is 0 Å². The molecule has 1 atom stereocenters. The Labute approximate surface area is 97.2 Å². The van der Waals surface area contributed by atoms with Gasteiger partial charge in [0.15, 0.2) is 0 Å². The fourth-order valence-corrected chi connectivity index (χ4v) is 1.86. The highest BCUT2D eigenvalue weighted by Gasteiger charge is 2.22. The Morgan fingerprint density at radius 2 is 2.20 bits per heavy atom. The van der Waals surface area contributed by atoms with E-state index in [1.807, 2.05) is 0 Å². The first kappa shape index (κ1) is 12.6. The second-order valence-corrected chi connectivity index (χ2v) is 4.76. The van der Waals surface area contributed by atoms with E-state index in [2.05, 4.69) is 15.9 Å². The van der Waals surface area contributed by atoms with Crippen LogP contribution in [0.15, 0.2) is 22.7 Å². The molecule has 0 aliphatic heterocycles. The summed E-state index contributed by atoms with van der Waals surface area (Å²) in [5.74, 6) is -0.311. The number of hydrogen-bond donors (Lipinski definition) is 1. The molecular formula is C11H14BrFO2. The zero-order valence-corrected chi connectivity index (χ0v) is 10.3. The lowest BCUT2D eigenvalue weighted by molar-refractivity contribution is -0.0166. The molecule has 0 radical (unpaired) electrons.